The quantitative estimate of drug-likeness (QED) is 0.877. The van der Waals surface area contributed by atoms with E-state index in [0.29, 0.717) is 12.1 Å². The summed E-state index contributed by atoms with van der Waals surface area (Å²) in [6.07, 6.45) is 0.191. The number of hydrogen-bond acceptors (Lipinski definition) is 4. The number of nitrogens with zero attached hydrogens (tertiary/aromatic N) is 2. The maximum Gasteiger partial charge on any atom is 0.178 e. The largest absolute Gasteiger partial charge is 0.593 e. The highest BCUT2D eigenvalue weighted by atomic mass is 32.2. The Balaban J connectivity index is 1.90. The van der Waals surface area contributed by atoms with E-state index in [4.69, 9.17) is 11.0 Å². The predicted molar refractivity (Wildman–Crippen MR) is 87.0 cm³/mol. The highest BCUT2D eigenvalue weighted by molar-refractivity contribution is 7.89. The molecule has 2 N–H and O–H groups in total. The first kappa shape index (κ1) is 16.0. The minimum Gasteiger partial charge on any atom is -0.593 e. The van der Waals surface area contributed by atoms with Gasteiger partial charge in [0.05, 0.1) is 30.0 Å². The van der Waals surface area contributed by atoms with Crippen LogP contribution in [0.2, 0.25) is 0 Å². The van der Waals surface area contributed by atoms with E-state index in [0.717, 1.165) is 21.6 Å². The van der Waals surface area contributed by atoms with Gasteiger partial charge >= 0.3 is 0 Å². The summed E-state index contributed by atoms with van der Waals surface area (Å²) in [5, 5.41) is 8.73. The van der Waals surface area contributed by atoms with Crippen molar-refractivity contribution in [1.82, 2.24) is 4.31 Å². The van der Waals surface area contributed by atoms with Crippen LogP contribution in [0.3, 0.4) is 0 Å². The summed E-state index contributed by atoms with van der Waals surface area (Å²) < 4.78 is 28.0. The molecule has 4 nitrogen and oxygen atoms in total. The highest BCUT2D eigenvalue weighted by Gasteiger charge is 2.30. The van der Waals surface area contributed by atoms with E-state index in [1.165, 1.54) is 6.07 Å². The zero-order valence-corrected chi connectivity index (χ0v) is 13.4. The molecule has 0 saturated carbocycles. The first-order valence-corrected chi connectivity index (χ1v) is 8.30. The van der Waals surface area contributed by atoms with Crippen molar-refractivity contribution in [1.29, 1.82) is 5.26 Å². The maximum absolute atomic E-state index is 14.2. The van der Waals surface area contributed by atoms with Gasteiger partial charge in [-0.3, -0.25) is 0 Å². The molecule has 0 bridgehead atoms. The van der Waals surface area contributed by atoms with E-state index < -0.39 is 17.4 Å². The number of rotatable bonds is 3. The number of hydrogen-bond donors (Lipinski definition) is 1. The number of benzene rings is 2. The van der Waals surface area contributed by atoms with Gasteiger partial charge in [0.15, 0.2) is 4.90 Å². The molecule has 0 saturated heterocycles. The lowest BCUT2D eigenvalue weighted by Crippen LogP contribution is -2.20. The molecule has 1 aliphatic rings. The van der Waals surface area contributed by atoms with Crippen molar-refractivity contribution in [3.8, 4) is 17.2 Å². The Morgan fingerprint density at radius 3 is 2.74 bits per heavy atom. The number of nitrogens with two attached hydrogens (primary N) is 1. The molecule has 0 radical (unpaired) electrons. The monoisotopic (exact) mass is 329 g/mol. The van der Waals surface area contributed by atoms with E-state index in [-0.39, 0.29) is 12.2 Å². The molecule has 1 unspecified atom stereocenters. The smallest absolute Gasteiger partial charge is 0.178 e. The lowest BCUT2D eigenvalue weighted by Gasteiger charge is -2.10. The van der Waals surface area contributed by atoms with Crippen LogP contribution in [0.4, 0.5) is 4.39 Å². The van der Waals surface area contributed by atoms with Crippen LogP contribution >= 0.6 is 0 Å². The highest BCUT2D eigenvalue weighted by Crippen LogP contribution is 2.33. The summed E-state index contributed by atoms with van der Waals surface area (Å²) in [7, 11) is 1.81. The van der Waals surface area contributed by atoms with Gasteiger partial charge in [-0.2, -0.15) is 5.26 Å². The Hall–Kier alpha value is -1.91. The van der Waals surface area contributed by atoms with E-state index in [9.17, 15) is 8.94 Å². The molecular weight excluding hydrogens is 313 g/mol. The topological polar surface area (TPSA) is 76.1 Å². The van der Waals surface area contributed by atoms with Crippen LogP contribution in [0.5, 0.6) is 0 Å². The molecular formula is C17H16FN3OS. The fourth-order valence-electron chi connectivity index (χ4n) is 2.69. The van der Waals surface area contributed by atoms with E-state index in [1.807, 2.05) is 37.4 Å². The predicted octanol–water partition coefficient (Wildman–Crippen LogP) is 2.35. The molecule has 6 heteroatoms. The molecule has 118 valence electrons. The third-order valence-corrected chi connectivity index (χ3v) is 5.39. The summed E-state index contributed by atoms with van der Waals surface area (Å²) in [6, 6.07) is 11.8. The molecule has 2 aromatic rings. The molecule has 3 rings (SSSR count). The van der Waals surface area contributed by atoms with E-state index in [2.05, 4.69) is 0 Å². The van der Waals surface area contributed by atoms with Crippen LogP contribution in [-0.4, -0.2) is 21.9 Å². The number of halogens is 1. The van der Waals surface area contributed by atoms with Crippen LogP contribution in [0, 0.1) is 17.1 Å². The Bertz CT molecular complexity index is 790. The van der Waals surface area contributed by atoms with Crippen LogP contribution in [0.15, 0.2) is 41.3 Å². The molecule has 2 aromatic carbocycles. The summed E-state index contributed by atoms with van der Waals surface area (Å²) in [5.74, 6) is -0.366. The lowest BCUT2D eigenvalue weighted by atomic mass is 9.99. The third kappa shape index (κ3) is 3.09. The second-order valence-corrected chi connectivity index (χ2v) is 7.17. The summed E-state index contributed by atoms with van der Waals surface area (Å²) >= 11 is -1.11. The molecule has 0 spiro atoms. The summed E-state index contributed by atoms with van der Waals surface area (Å²) in [4.78, 5) is 0.813. The molecule has 2 atom stereocenters. The number of nitriles is 1. The minimum absolute atomic E-state index is 0.191. The standard InChI is InChI=1S/C17H16FN3OS/c1-21-10-14-6-11(4-5-17(14)23(21)22)12-2-3-13(16(18)8-12)7-15(20)9-19/h2-6,8,15H,7,10,20H2,1H3/t15-,23?/m0/s1. The maximum atomic E-state index is 14.2. The van der Waals surface area contributed by atoms with Gasteiger partial charge in [0.1, 0.15) is 5.82 Å². The summed E-state index contributed by atoms with van der Waals surface area (Å²) in [6.45, 7) is 0.618. The average molecular weight is 329 g/mol. The average Bonchev–Trinajstić information content (AvgIpc) is 2.83. The Morgan fingerprint density at radius 2 is 2.04 bits per heavy atom. The molecule has 0 amide bonds. The Labute approximate surface area is 137 Å². The fraction of sp³-hybridized carbons (Fsp3) is 0.235. The van der Waals surface area contributed by atoms with Crippen molar-refractivity contribution >= 4 is 11.4 Å². The van der Waals surface area contributed by atoms with Crippen LogP contribution in [0.25, 0.3) is 11.1 Å². The van der Waals surface area contributed by atoms with Crippen LogP contribution in [0.1, 0.15) is 11.1 Å². The SMILES string of the molecule is CN1Cc2cc(-c3ccc(C[C@H](N)C#N)c(F)c3)ccc2[S+]1[O-]. The summed E-state index contributed by atoms with van der Waals surface area (Å²) in [5.41, 5.74) is 8.61. The first-order valence-electron chi connectivity index (χ1n) is 7.19. The zero-order chi connectivity index (χ0) is 16.6. The van der Waals surface area contributed by atoms with E-state index >= 15 is 0 Å². The Kier molecular flexibility index (Phi) is 4.37. The van der Waals surface area contributed by atoms with Gasteiger partial charge in [0, 0.05) is 19.0 Å². The molecule has 1 aliphatic heterocycles. The molecule has 0 aliphatic carbocycles. The second kappa shape index (κ2) is 6.30. The zero-order valence-electron chi connectivity index (χ0n) is 12.6. The van der Waals surface area contributed by atoms with Crippen molar-refractivity contribution in [3.63, 3.8) is 0 Å². The second-order valence-electron chi connectivity index (χ2n) is 5.60. The molecule has 1 heterocycles. The van der Waals surface area contributed by atoms with Gasteiger partial charge in [-0.25, -0.2) is 4.39 Å². The van der Waals surface area contributed by atoms with Crippen molar-refractivity contribution in [3.05, 3.63) is 53.3 Å². The minimum atomic E-state index is -1.11. The van der Waals surface area contributed by atoms with Gasteiger partial charge in [-0.1, -0.05) is 12.1 Å². The lowest BCUT2D eigenvalue weighted by molar-refractivity contribution is 0.488. The van der Waals surface area contributed by atoms with Gasteiger partial charge in [-0.05, 0) is 41.0 Å². The van der Waals surface area contributed by atoms with Crippen LogP contribution < -0.4 is 5.73 Å². The normalized spacial score (nSPS) is 18.5. The van der Waals surface area contributed by atoms with Crippen molar-refractivity contribution in [2.45, 2.75) is 23.9 Å². The van der Waals surface area contributed by atoms with Crippen molar-refractivity contribution in [2.75, 3.05) is 7.05 Å². The van der Waals surface area contributed by atoms with E-state index in [1.54, 1.807) is 10.4 Å². The van der Waals surface area contributed by atoms with Gasteiger partial charge in [0.25, 0.3) is 0 Å². The van der Waals surface area contributed by atoms with Crippen molar-refractivity contribution < 1.29 is 8.94 Å². The molecule has 23 heavy (non-hydrogen) atoms. The van der Waals surface area contributed by atoms with Gasteiger partial charge < -0.3 is 10.3 Å². The van der Waals surface area contributed by atoms with Gasteiger partial charge in [0.2, 0.25) is 0 Å². The van der Waals surface area contributed by atoms with Crippen molar-refractivity contribution in [2.24, 2.45) is 5.73 Å². The fourth-order valence-corrected chi connectivity index (χ4v) is 3.82. The third-order valence-electron chi connectivity index (χ3n) is 3.92. The number of fused-ring (bicyclic) bond motifs is 1. The Morgan fingerprint density at radius 1 is 1.35 bits per heavy atom. The van der Waals surface area contributed by atoms with Crippen LogP contribution in [-0.2, 0) is 24.3 Å². The molecule has 0 aromatic heterocycles. The van der Waals surface area contributed by atoms with Gasteiger partial charge in [-0.15, -0.1) is 4.31 Å². The molecule has 0 fully saturated rings. The first-order chi connectivity index (χ1) is 11.0.